The van der Waals surface area contributed by atoms with Gasteiger partial charge in [0, 0.05) is 24.3 Å². The van der Waals surface area contributed by atoms with E-state index in [1.807, 2.05) is 37.3 Å². The standard InChI is InChI=1S/C18H18N2O3/c1-11-17(14-5-3-2-4-12(14)9-19-11)18(21)20-13-6-7-15-16(8-13)23-10-22-15/h2-8,11,17,19H,9-10H2,1H3,(H,20,21). The summed E-state index contributed by atoms with van der Waals surface area (Å²) in [6.45, 7) is 3.06. The van der Waals surface area contributed by atoms with Gasteiger partial charge in [0.15, 0.2) is 11.5 Å². The number of ether oxygens (including phenoxy) is 2. The smallest absolute Gasteiger partial charge is 0.233 e. The second-order valence-corrected chi connectivity index (χ2v) is 5.90. The van der Waals surface area contributed by atoms with E-state index in [9.17, 15) is 4.79 Å². The molecular formula is C18H18N2O3. The molecule has 0 radical (unpaired) electrons. The van der Waals surface area contributed by atoms with E-state index in [4.69, 9.17) is 9.47 Å². The number of carbonyl (C=O) groups excluding carboxylic acids is 1. The molecule has 0 spiro atoms. The van der Waals surface area contributed by atoms with Crippen molar-refractivity contribution in [2.75, 3.05) is 12.1 Å². The van der Waals surface area contributed by atoms with Crippen LogP contribution in [0.1, 0.15) is 24.0 Å². The number of fused-ring (bicyclic) bond motifs is 2. The fourth-order valence-corrected chi connectivity index (χ4v) is 3.22. The van der Waals surface area contributed by atoms with Crippen molar-refractivity contribution in [3.05, 3.63) is 53.6 Å². The van der Waals surface area contributed by atoms with E-state index >= 15 is 0 Å². The molecule has 0 saturated carbocycles. The first-order valence-electron chi connectivity index (χ1n) is 7.74. The summed E-state index contributed by atoms with van der Waals surface area (Å²) in [5.74, 6) is 1.14. The second kappa shape index (κ2) is 5.59. The molecule has 0 aromatic heterocycles. The third-order valence-electron chi connectivity index (χ3n) is 4.43. The van der Waals surface area contributed by atoms with E-state index < -0.39 is 0 Å². The summed E-state index contributed by atoms with van der Waals surface area (Å²) in [6, 6.07) is 13.6. The van der Waals surface area contributed by atoms with Crippen LogP contribution < -0.4 is 20.1 Å². The van der Waals surface area contributed by atoms with Gasteiger partial charge >= 0.3 is 0 Å². The molecule has 0 aliphatic carbocycles. The van der Waals surface area contributed by atoms with Crippen molar-refractivity contribution < 1.29 is 14.3 Å². The SMILES string of the molecule is CC1NCc2ccccc2C1C(=O)Nc1ccc2c(c1)OCO2. The zero-order valence-electron chi connectivity index (χ0n) is 12.8. The quantitative estimate of drug-likeness (QED) is 0.895. The maximum atomic E-state index is 12.8. The molecule has 5 heteroatoms. The van der Waals surface area contributed by atoms with Gasteiger partial charge < -0.3 is 20.1 Å². The van der Waals surface area contributed by atoms with Gasteiger partial charge in [-0.25, -0.2) is 0 Å². The zero-order valence-corrected chi connectivity index (χ0v) is 12.8. The molecule has 2 aromatic carbocycles. The van der Waals surface area contributed by atoms with Gasteiger partial charge in [-0.1, -0.05) is 24.3 Å². The minimum absolute atomic E-state index is 0.0176. The predicted octanol–water partition coefficient (Wildman–Crippen LogP) is 2.63. The average Bonchev–Trinajstić information content (AvgIpc) is 3.02. The van der Waals surface area contributed by atoms with Crippen LogP contribution in [0.4, 0.5) is 5.69 Å². The summed E-state index contributed by atoms with van der Waals surface area (Å²) in [6.07, 6.45) is 0. The van der Waals surface area contributed by atoms with E-state index in [1.54, 1.807) is 6.07 Å². The van der Waals surface area contributed by atoms with Crippen molar-refractivity contribution in [3.63, 3.8) is 0 Å². The molecule has 2 aromatic rings. The highest BCUT2D eigenvalue weighted by Gasteiger charge is 2.32. The van der Waals surface area contributed by atoms with Crippen molar-refractivity contribution in [2.45, 2.75) is 25.4 Å². The Kier molecular flexibility index (Phi) is 3.42. The number of hydrogen-bond donors (Lipinski definition) is 2. The fraction of sp³-hybridized carbons (Fsp3) is 0.278. The topological polar surface area (TPSA) is 59.6 Å². The summed E-state index contributed by atoms with van der Waals surface area (Å²) in [5, 5.41) is 6.39. The number of amides is 1. The Labute approximate surface area is 134 Å². The van der Waals surface area contributed by atoms with Crippen molar-refractivity contribution in [3.8, 4) is 11.5 Å². The lowest BCUT2D eigenvalue weighted by atomic mass is 9.85. The first-order chi connectivity index (χ1) is 11.2. The maximum absolute atomic E-state index is 12.8. The molecular weight excluding hydrogens is 292 g/mol. The number of hydrogen-bond acceptors (Lipinski definition) is 4. The Morgan fingerprint density at radius 3 is 2.91 bits per heavy atom. The van der Waals surface area contributed by atoms with E-state index in [2.05, 4.69) is 16.7 Å². The van der Waals surface area contributed by atoms with Gasteiger partial charge in [0.2, 0.25) is 12.7 Å². The van der Waals surface area contributed by atoms with E-state index in [1.165, 1.54) is 5.56 Å². The van der Waals surface area contributed by atoms with Gasteiger partial charge in [-0.3, -0.25) is 4.79 Å². The minimum Gasteiger partial charge on any atom is -0.454 e. The van der Waals surface area contributed by atoms with Crippen molar-refractivity contribution in [1.29, 1.82) is 0 Å². The highest BCUT2D eigenvalue weighted by Crippen LogP contribution is 2.35. The molecule has 0 bridgehead atoms. The molecule has 2 unspecified atom stereocenters. The van der Waals surface area contributed by atoms with Crippen molar-refractivity contribution in [1.82, 2.24) is 5.32 Å². The molecule has 23 heavy (non-hydrogen) atoms. The van der Waals surface area contributed by atoms with Crippen LogP contribution in [0.3, 0.4) is 0 Å². The van der Waals surface area contributed by atoms with Crippen LogP contribution >= 0.6 is 0 Å². The molecule has 4 rings (SSSR count). The predicted molar refractivity (Wildman–Crippen MR) is 86.7 cm³/mol. The molecule has 0 saturated heterocycles. The molecule has 5 nitrogen and oxygen atoms in total. The van der Waals surface area contributed by atoms with Gasteiger partial charge in [0.25, 0.3) is 0 Å². The normalized spacial score (nSPS) is 21.6. The molecule has 2 atom stereocenters. The fourth-order valence-electron chi connectivity index (χ4n) is 3.22. The molecule has 1 amide bonds. The van der Waals surface area contributed by atoms with Crippen molar-refractivity contribution in [2.24, 2.45) is 0 Å². The van der Waals surface area contributed by atoms with Gasteiger partial charge in [0.1, 0.15) is 0 Å². The number of rotatable bonds is 2. The van der Waals surface area contributed by atoms with E-state index in [0.717, 1.165) is 17.8 Å². The van der Waals surface area contributed by atoms with Gasteiger partial charge in [-0.2, -0.15) is 0 Å². The third kappa shape index (κ3) is 2.53. The second-order valence-electron chi connectivity index (χ2n) is 5.90. The first-order valence-corrected chi connectivity index (χ1v) is 7.74. The van der Waals surface area contributed by atoms with Crippen LogP contribution in [0.15, 0.2) is 42.5 Å². The Balaban J connectivity index is 1.59. The molecule has 118 valence electrons. The monoisotopic (exact) mass is 310 g/mol. The van der Waals surface area contributed by atoms with Gasteiger partial charge in [0.05, 0.1) is 5.92 Å². The van der Waals surface area contributed by atoms with Gasteiger partial charge in [-0.15, -0.1) is 0 Å². The minimum atomic E-state index is -0.217. The van der Waals surface area contributed by atoms with E-state index in [0.29, 0.717) is 11.5 Å². The number of nitrogens with one attached hydrogen (secondary N) is 2. The van der Waals surface area contributed by atoms with Crippen LogP contribution in [0.25, 0.3) is 0 Å². The Morgan fingerprint density at radius 1 is 1.17 bits per heavy atom. The summed E-state index contributed by atoms with van der Waals surface area (Å²) >= 11 is 0. The Bertz CT molecular complexity index is 760. The first kappa shape index (κ1) is 14.1. The maximum Gasteiger partial charge on any atom is 0.233 e. The molecule has 2 heterocycles. The largest absolute Gasteiger partial charge is 0.454 e. The summed E-state index contributed by atoms with van der Waals surface area (Å²) in [5.41, 5.74) is 2.99. The average molecular weight is 310 g/mol. The van der Waals surface area contributed by atoms with Gasteiger partial charge in [-0.05, 0) is 30.2 Å². The lowest BCUT2D eigenvalue weighted by Gasteiger charge is -2.31. The lowest BCUT2D eigenvalue weighted by molar-refractivity contribution is -0.118. The number of anilines is 1. The van der Waals surface area contributed by atoms with Crippen LogP contribution in [0.5, 0.6) is 11.5 Å². The third-order valence-corrected chi connectivity index (χ3v) is 4.43. The summed E-state index contributed by atoms with van der Waals surface area (Å²) < 4.78 is 10.7. The lowest BCUT2D eigenvalue weighted by Crippen LogP contribution is -2.42. The van der Waals surface area contributed by atoms with Crippen LogP contribution in [-0.2, 0) is 11.3 Å². The molecule has 2 aliphatic heterocycles. The Hall–Kier alpha value is -2.53. The van der Waals surface area contributed by atoms with Crippen LogP contribution in [0, 0.1) is 0 Å². The highest BCUT2D eigenvalue weighted by molar-refractivity contribution is 5.97. The molecule has 0 fully saturated rings. The molecule has 2 aliphatic rings. The van der Waals surface area contributed by atoms with Crippen molar-refractivity contribution >= 4 is 11.6 Å². The highest BCUT2D eigenvalue weighted by atomic mass is 16.7. The zero-order chi connectivity index (χ0) is 15.8. The number of carbonyl (C=O) groups is 1. The van der Waals surface area contributed by atoms with E-state index in [-0.39, 0.29) is 24.7 Å². The molecule has 2 N–H and O–H groups in total. The summed E-state index contributed by atoms with van der Waals surface area (Å²) in [7, 11) is 0. The van der Waals surface area contributed by atoms with Crippen LogP contribution in [-0.4, -0.2) is 18.7 Å². The number of benzene rings is 2. The van der Waals surface area contributed by atoms with Crippen LogP contribution in [0.2, 0.25) is 0 Å². The Morgan fingerprint density at radius 2 is 2.00 bits per heavy atom. The summed E-state index contributed by atoms with van der Waals surface area (Å²) in [4.78, 5) is 12.8.